The zero-order chi connectivity index (χ0) is 9.26. The van der Waals surface area contributed by atoms with Gasteiger partial charge in [-0.2, -0.15) is 0 Å². The molecule has 1 aromatic heterocycles. The lowest BCUT2D eigenvalue weighted by atomic mass is 10.1. The third kappa shape index (κ3) is 1.32. The zero-order valence-corrected chi connectivity index (χ0v) is 7.90. The predicted molar refractivity (Wildman–Crippen MR) is 55.1 cm³/mol. The van der Waals surface area contributed by atoms with Gasteiger partial charge in [-0.1, -0.05) is 13.0 Å². The van der Waals surface area contributed by atoms with Gasteiger partial charge in [0.1, 0.15) is 0 Å². The molecule has 0 bridgehead atoms. The molecule has 0 radical (unpaired) electrons. The van der Waals surface area contributed by atoms with Crippen molar-refractivity contribution in [1.82, 2.24) is 4.98 Å². The van der Waals surface area contributed by atoms with Crippen LogP contribution in [0.15, 0.2) is 31.0 Å². The molecule has 0 spiro atoms. The highest BCUT2D eigenvalue weighted by Gasteiger charge is 2.24. The smallest absolute Gasteiger partial charge is 0.0682 e. The molecule has 68 valence electrons. The molecule has 1 unspecified atom stereocenters. The molecule has 2 heterocycles. The quantitative estimate of drug-likeness (QED) is 0.639. The molecule has 13 heavy (non-hydrogen) atoms. The number of aromatic nitrogens is 1. The van der Waals surface area contributed by atoms with Gasteiger partial charge in [0.05, 0.1) is 11.4 Å². The SMILES string of the molecule is C=CCN1CC(C)c2ncccc21. The Morgan fingerprint density at radius 3 is 3.38 bits per heavy atom. The molecule has 0 N–H and O–H groups in total. The molecule has 0 aromatic carbocycles. The van der Waals surface area contributed by atoms with Crippen molar-refractivity contribution in [3.63, 3.8) is 0 Å². The normalized spacial score (nSPS) is 20.1. The van der Waals surface area contributed by atoms with E-state index in [1.54, 1.807) is 0 Å². The first-order valence-electron chi connectivity index (χ1n) is 4.63. The number of rotatable bonds is 2. The molecule has 1 aromatic rings. The second kappa shape index (κ2) is 3.21. The Labute approximate surface area is 78.9 Å². The van der Waals surface area contributed by atoms with Crippen LogP contribution in [0.3, 0.4) is 0 Å². The van der Waals surface area contributed by atoms with Crippen LogP contribution in [-0.2, 0) is 0 Å². The van der Waals surface area contributed by atoms with Crippen molar-refractivity contribution in [2.24, 2.45) is 0 Å². The summed E-state index contributed by atoms with van der Waals surface area (Å²) in [4.78, 5) is 6.72. The van der Waals surface area contributed by atoms with E-state index in [2.05, 4.69) is 29.5 Å². The van der Waals surface area contributed by atoms with Crippen molar-refractivity contribution >= 4 is 5.69 Å². The summed E-state index contributed by atoms with van der Waals surface area (Å²) < 4.78 is 0. The maximum atomic E-state index is 4.40. The molecule has 2 heteroatoms. The van der Waals surface area contributed by atoms with E-state index in [1.807, 2.05) is 18.3 Å². The first kappa shape index (κ1) is 8.30. The second-order valence-electron chi connectivity index (χ2n) is 3.50. The minimum Gasteiger partial charge on any atom is -0.366 e. The lowest BCUT2D eigenvalue weighted by Crippen LogP contribution is -2.20. The summed E-state index contributed by atoms with van der Waals surface area (Å²) in [6, 6.07) is 4.13. The van der Waals surface area contributed by atoms with Crippen molar-refractivity contribution in [2.75, 3.05) is 18.0 Å². The van der Waals surface area contributed by atoms with Crippen LogP contribution in [0.2, 0.25) is 0 Å². The predicted octanol–water partition coefficient (Wildman–Crippen LogP) is 2.19. The number of pyridine rings is 1. The lowest BCUT2D eigenvalue weighted by Gasteiger charge is -2.16. The first-order chi connectivity index (χ1) is 6.33. The van der Waals surface area contributed by atoms with Gasteiger partial charge < -0.3 is 4.90 Å². The molecule has 0 aliphatic carbocycles. The van der Waals surface area contributed by atoms with Crippen LogP contribution in [0.25, 0.3) is 0 Å². The van der Waals surface area contributed by atoms with Crippen molar-refractivity contribution in [3.05, 3.63) is 36.7 Å². The highest BCUT2D eigenvalue weighted by atomic mass is 15.2. The van der Waals surface area contributed by atoms with Gasteiger partial charge in [-0.3, -0.25) is 4.98 Å². The number of hydrogen-bond acceptors (Lipinski definition) is 2. The van der Waals surface area contributed by atoms with E-state index in [4.69, 9.17) is 0 Å². The van der Waals surface area contributed by atoms with Gasteiger partial charge in [-0.05, 0) is 12.1 Å². The van der Waals surface area contributed by atoms with Gasteiger partial charge in [0, 0.05) is 25.2 Å². The van der Waals surface area contributed by atoms with Gasteiger partial charge in [0.25, 0.3) is 0 Å². The van der Waals surface area contributed by atoms with Crippen molar-refractivity contribution in [1.29, 1.82) is 0 Å². The number of anilines is 1. The molecule has 1 atom stereocenters. The fourth-order valence-electron chi connectivity index (χ4n) is 1.90. The molecule has 0 saturated carbocycles. The molecule has 0 fully saturated rings. The Hall–Kier alpha value is -1.31. The van der Waals surface area contributed by atoms with Crippen LogP contribution in [0.4, 0.5) is 5.69 Å². The minimum absolute atomic E-state index is 0.552. The Balaban J connectivity index is 2.35. The lowest BCUT2D eigenvalue weighted by molar-refractivity contribution is 0.762. The van der Waals surface area contributed by atoms with E-state index < -0.39 is 0 Å². The molecule has 2 nitrogen and oxygen atoms in total. The van der Waals surface area contributed by atoms with E-state index >= 15 is 0 Å². The fourth-order valence-corrected chi connectivity index (χ4v) is 1.90. The summed E-state index contributed by atoms with van der Waals surface area (Å²) in [7, 11) is 0. The second-order valence-corrected chi connectivity index (χ2v) is 3.50. The third-order valence-electron chi connectivity index (χ3n) is 2.47. The van der Waals surface area contributed by atoms with Gasteiger partial charge >= 0.3 is 0 Å². The van der Waals surface area contributed by atoms with E-state index in [-0.39, 0.29) is 0 Å². The van der Waals surface area contributed by atoms with Gasteiger partial charge in [0.15, 0.2) is 0 Å². The fraction of sp³-hybridized carbons (Fsp3) is 0.364. The summed E-state index contributed by atoms with van der Waals surface area (Å²) in [5.74, 6) is 0.552. The molecule has 1 aliphatic rings. The summed E-state index contributed by atoms with van der Waals surface area (Å²) in [6.45, 7) is 7.96. The van der Waals surface area contributed by atoms with E-state index in [0.717, 1.165) is 13.1 Å². The molecule has 0 amide bonds. The average molecular weight is 174 g/mol. The molecular weight excluding hydrogens is 160 g/mol. The zero-order valence-electron chi connectivity index (χ0n) is 7.90. The van der Waals surface area contributed by atoms with Crippen molar-refractivity contribution in [2.45, 2.75) is 12.8 Å². The Bertz CT molecular complexity index is 320. The molecule has 1 aliphatic heterocycles. The maximum Gasteiger partial charge on any atom is 0.0682 e. The monoisotopic (exact) mass is 174 g/mol. The van der Waals surface area contributed by atoms with Crippen LogP contribution in [0, 0.1) is 0 Å². The maximum absolute atomic E-state index is 4.40. The molecule has 2 rings (SSSR count). The van der Waals surface area contributed by atoms with Gasteiger partial charge in [0.2, 0.25) is 0 Å². The highest BCUT2D eigenvalue weighted by molar-refractivity contribution is 5.57. The topological polar surface area (TPSA) is 16.1 Å². The number of nitrogens with zero attached hydrogens (tertiary/aromatic N) is 2. The number of hydrogen-bond donors (Lipinski definition) is 0. The average Bonchev–Trinajstić information content (AvgIpc) is 2.46. The van der Waals surface area contributed by atoms with E-state index in [1.165, 1.54) is 11.4 Å². The Morgan fingerprint density at radius 2 is 2.62 bits per heavy atom. The van der Waals surface area contributed by atoms with Gasteiger partial charge in [-0.15, -0.1) is 6.58 Å². The first-order valence-corrected chi connectivity index (χ1v) is 4.63. The standard InChI is InChI=1S/C11H14N2/c1-3-7-13-8-9(2)11-10(13)5-4-6-12-11/h3-6,9H,1,7-8H2,2H3. The minimum atomic E-state index is 0.552. The Morgan fingerprint density at radius 1 is 1.77 bits per heavy atom. The van der Waals surface area contributed by atoms with E-state index in [9.17, 15) is 0 Å². The highest BCUT2D eigenvalue weighted by Crippen LogP contribution is 2.33. The third-order valence-corrected chi connectivity index (χ3v) is 2.47. The van der Waals surface area contributed by atoms with Crippen molar-refractivity contribution < 1.29 is 0 Å². The van der Waals surface area contributed by atoms with Crippen LogP contribution >= 0.6 is 0 Å². The van der Waals surface area contributed by atoms with Crippen molar-refractivity contribution in [3.8, 4) is 0 Å². The van der Waals surface area contributed by atoms with Gasteiger partial charge in [-0.25, -0.2) is 0 Å². The summed E-state index contributed by atoms with van der Waals surface area (Å²) >= 11 is 0. The largest absolute Gasteiger partial charge is 0.366 e. The molecular formula is C11H14N2. The number of fused-ring (bicyclic) bond motifs is 1. The van der Waals surface area contributed by atoms with Crippen LogP contribution < -0.4 is 4.90 Å². The summed E-state index contributed by atoms with van der Waals surface area (Å²) in [5.41, 5.74) is 2.50. The van der Waals surface area contributed by atoms with Crippen LogP contribution in [-0.4, -0.2) is 18.1 Å². The Kier molecular flexibility index (Phi) is 2.05. The van der Waals surface area contributed by atoms with Crippen LogP contribution in [0.1, 0.15) is 18.5 Å². The molecule has 0 saturated heterocycles. The summed E-state index contributed by atoms with van der Waals surface area (Å²) in [5, 5.41) is 0. The van der Waals surface area contributed by atoms with Crippen LogP contribution in [0.5, 0.6) is 0 Å². The summed E-state index contributed by atoms with van der Waals surface area (Å²) in [6.07, 6.45) is 3.81. The van der Waals surface area contributed by atoms with E-state index in [0.29, 0.717) is 5.92 Å².